The first-order valence-corrected chi connectivity index (χ1v) is 23.9. The van der Waals surface area contributed by atoms with E-state index in [9.17, 15) is 60.3 Å². The molecule has 6 aromatic rings. The van der Waals surface area contributed by atoms with Crippen LogP contribution in [0.15, 0.2) is 78.9 Å². The molecule has 0 saturated carbocycles. The minimum Gasteiger partial charge on any atom is -0.508 e. The van der Waals surface area contributed by atoms with Crippen LogP contribution in [0.3, 0.4) is 0 Å². The Morgan fingerprint density at radius 1 is 0.410 bits per heavy atom. The molecular weight excluding hydrogens is 1030 g/mol. The molecule has 9 N–H and O–H groups in total. The summed E-state index contributed by atoms with van der Waals surface area (Å²) in [4.78, 5) is 37.2. The maximum absolute atomic E-state index is 13.0. The lowest BCUT2D eigenvalue weighted by Gasteiger charge is -2.43. The Balaban J connectivity index is 1.03. The number of ether oxygens (including phenoxy) is 12. The minimum atomic E-state index is -1.90. The van der Waals surface area contributed by atoms with E-state index in [1.165, 1.54) is 54.6 Å². The Hall–Kier alpha value is -9.39. The number of fused-ring (bicyclic) bond motifs is 6. The van der Waals surface area contributed by atoms with Crippen LogP contribution in [-0.2, 0) is 35.0 Å². The molecular formula is C54H44O24. The summed E-state index contributed by atoms with van der Waals surface area (Å²) < 4.78 is 67.9. The SMILES string of the molecule is COC(=O)C1Oc2ccc([C@H]3Oc4c(c(O)cc(O)c4[C@H]4c5c(O)cc(O)cc5O[C@H](c5ccc6c(c5)OC(C(=O)OC)O6)[C@@H]4O)[C@H](c4c(O)cc(O)c5c4O[C@H](c4ccc6c(c4)OC(C(=O)OC)O6)[C@H](O)C5)[C@H]3O)cc2O1. The summed E-state index contributed by atoms with van der Waals surface area (Å²) >= 11 is 0. The normalized spacial score (nSPS) is 25.5. The van der Waals surface area contributed by atoms with E-state index in [4.69, 9.17) is 56.8 Å². The van der Waals surface area contributed by atoms with Gasteiger partial charge in [-0.3, -0.25) is 0 Å². The third-order valence-electron chi connectivity index (χ3n) is 14.3. The molecule has 0 saturated heterocycles. The molecule has 0 aromatic heterocycles. The first-order chi connectivity index (χ1) is 37.4. The van der Waals surface area contributed by atoms with Crippen LogP contribution in [0.2, 0.25) is 0 Å². The highest BCUT2D eigenvalue weighted by molar-refractivity contribution is 5.77. The number of benzene rings is 6. The lowest BCUT2D eigenvalue weighted by atomic mass is 9.73. The van der Waals surface area contributed by atoms with Gasteiger partial charge in [-0.1, -0.05) is 18.2 Å². The van der Waals surface area contributed by atoms with E-state index in [1.54, 1.807) is 0 Å². The summed E-state index contributed by atoms with van der Waals surface area (Å²) in [6.07, 6.45) is -14.3. The number of phenols is 6. The Morgan fingerprint density at radius 2 is 0.795 bits per heavy atom. The van der Waals surface area contributed by atoms with E-state index in [1.807, 2.05) is 0 Å². The van der Waals surface area contributed by atoms with Gasteiger partial charge in [0.05, 0.1) is 39.3 Å². The molecule has 404 valence electrons. The van der Waals surface area contributed by atoms with Crippen LogP contribution in [0.1, 0.15) is 74.7 Å². The second-order valence-corrected chi connectivity index (χ2v) is 18.8. The van der Waals surface area contributed by atoms with Gasteiger partial charge in [0.25, 0.3) is 0 Å². The number of hydrogen-bond donors (Lipinski definition) is 9. The zero-order chi connectivity index (χ0) is 54.7. The highest BCUT2D eigenvalue weighted by atomic mass is 16.8. The van der Waals surface area contributed by atoms with Crippen molar-refractivity contribution in [1.29, 1.82) is 0 Å². The van der Waals surface area contributed by atoms with Gasteiger partial charge >= 0.3 is 36.8 Å². The van der Waals surface area contributed by atoms with Crippen LogP contribution in [0.5, 0.6) is 86.2 Å². The van der Waals surface area contributed by atoms with Gasteiger partial charge in [0.2, 0.25) is 0 Å². The first kappa shape index (κ1) is 49.5. The zero-order valence-corrected chi connectivity index (χ0v) is 40.7. The van der Waals surface area contributed by atoms with Gasteiger partial charge in [0.1, 0.15) is 70.1 Å². The molecule has 11 atom stereocenters. The fraction of sp³-hybridized carbons (Fsp3) is 0.278. The van der Waals surface area contributed by atoms with E-state index in [0.717, 1.165) is 45.6 Å². The second kappa shape index (κ2) is 18.4. The smallest absolute Gasteiger partial charge is 0.389 e. The lowest BCUT2D eigenvalue weighted by molar-refractivity contribution is -0.159. The molecule has 24 heteroatoms. The summed E-state index contributed by atoms with van der Waals surface area (Å²) in [7, 11) is 3.43. The number of aliphatic hydroxyl groups excluding tert-OH is 3. The van der Waals surface area contributed by atoms with E-state index < -0.39 is 125 Å². The molecule has 24 nitrogen and oxygen atoms in total. The van der Waals surface area contributed by atoms with Crippen molar-refractivity contribution in [3.8, 4) is 86.2 Å². The fourth-order valence-electron chi connectivity index (χ4n) is 10.8. The largest absolute Gasteiger partial charge is 0.508 e. The highest BCUT2D eigenvalue weighted by Crippen LogP contribution is 2.62. The van der Waals surface area contributed by atoms with Gasteiger partial charge in [-0.25, -0.2) is 14.4 Å². The third-order valence-corrected chi connectivity index (χ3v) is 14.3. The molecule has 3 unspecified atom stereocenters. The fourth-order valence-corrected chi connectivity index (χ4v) is 10.8. The number of aromatic hydroxyl groups is 6. The molecule has 6 aliphatic rings. The number of carbonyl (C=O) groups is 3. The number of esters is 3. The van der Waals surface area contributed by atoms with E-state index in [-0.39, 0.29) is 96.9 Å². The molecule has 0 bridgehead atoms. The minimum absolute atomic E-state index is 0.00494. The van der Waals surface area contributed by atoms with Crippen LogP contribution in [0.4, 0.5) is 0 Å². The van der Waals surface area contributed by atoms with Crippen molar-refractivity contribution in [2.75, 3.05) is 21.3 Å². The maximum atomic E-state index is 13.0. The van der Waals surface area contributed by atoms with Crippen molar-refractivity contribution in [3.05, 3.63) is 123 Å². The highest BCUT2D eigenvalue weighted by Gasteiger charge is 2.51. The quantitative estimate of drug-likeness (QED) is 0.0767. The Kier molecular flexibility index (Phi) is 11.7. The Labute approximate surface area is 438 Å². The molecule has 12 rings (SSSR count). The molecule has 0 aliphatic carbocycles. The summed E-state index contributed by atoms with van der Waals surface area (Å²) in [5, 5.41) is 108. The Bertz CT molecular complexity index is 3500. The van der Waals surface area contributed by atoms with Gasteiger partial charge in [-0.05, 0) is 53.1 Å². The van der Waals surface area contributed by atoms with Crippen molar-refractivity contribution in [2.24, 2.45) is 0 Å². The van der Waals surface area contributed by atoms with Crippen molar-refractivity contribution < 1.29 is 117 Å². The second-order valence-electron chi connectivity index (χ2n) is 18.8. The molecule has 0 spiro atoms. The molecule has 0 amide bonds. The predicted molar refractivity (Wildman–Crippen MR) is 255 cm³/mol. The Morgan fingerprint density at radius 3 is 1.27 bits per heavy atom. The van der Waals surface area contributed by atoms with Crippen LogP contribution in [0.25, 0.3) is 0 Å². The number of aliphatic hydroxyl groups is 3. The van der Waals surface area contributed by atoms with Crippen molar-refractivity contribution in [1.82, 2.24) is 0 Å². The molecule has 0 radical (unpaired) electrons. The summed E-state index contributed by atoms with van der Waals surface area (Å²) in [5.74, 6) is -10.1. The molecule has 6 heterocycles. The standard InChI is InChI=1S/C54H44O24/c1-67-49(64)52-71-29-7-4-18(10-32(29)74-52)44-28(61)15-22-23(56)16-25(58)37(47(22)77-44)41-39-27(60)17-26(59)38(48(39)78-46(43(41)63)20-6-9-31-34(12-20)76-54(73-31)51(66)69-3)40-36-24(57)13-21(55)14-35(36)70-45(42(40)62)19-5-8-30-33(11-19)75-53(72-30)50(65)68-2/h4-14,16-17,28,40-46,52-63H,15H2,1-3H3/t28-,40-,41+,42-,43-,44-,45-,46-,52?,53?,54?/m1/s1. The average molecular weight is 1080 g/mol. The van der Waals surface area contributed by atoms with Gasteiger partial charge in [0.15, 0.2) is 46.7 Å². The van der Waals surface area contributed by atoms with Crippen LogP contribution in [-0.4, -0.2) is 122 Å². The van der Waals surface area contributed by atoms with Gasteiger partial charge in [-0.15, -0.1) is 0 Å². The lowest BCUT2D eigenvalue weighted by Crippen LogP contribution is -2.39. The number of phenolic OH excluding ortho intramolecular Hbond substituents is 6. The average Bonchev–Trinajstić information content (AvgIpc) is 4.24. The van der Waals surface area contributed by atoms with Gasteiger partial charge in [0, 0.05) is 58.5 Å². The van der Waals surface area contributed by atoms with Crippen molar-refractivity contribution in [3.63, 3.8) is 0 Å². The van der Waals surface area contributed by atoms with Crippen molar-refractivity contribution >= 4 is 17.9 Å². The zero-order valence-electron chi connectivity index (χ0n) is 40.7. The predicted octanol–water partition coefficient (Wildman–Crippen LogP) is 4.02. The summed E-state index contributed by atoms with van der Waals surface area (Å²) in [5.41, 5.74) is -0.634. The van der Waals surface area contributed by atoms with Crippen LogP contribution < -0.4 is 42.6 Å². The first-order valence-electron chi connectivity index (χ1n) is 23.9. The summed E-state index contributed by atoms with van der Waals surface area (Å²) in [6, 6.07) is 17.0. The number of hydrogen-bond acceptors (Lipinski definition) is 24. The third kappa shape index (κ3) is 7.81. The van der Waals surface area contributed by atoms with Crippen LogP contribution in [0, 0.1) is 0 Å². The summed E-state index contributed by atoms with van der Waals surface area (Å²) in [6.45, 7) is 0. The van der Waals surface area contributed by atoms with E-state index >= 15 is 0 Å². The van der Waals surface area contributed by atoms with Gasteiger partial charge in [-0.2, -0.15) is 0 Å². The topological polar surface area (TPSA) is 344 Å². The molecule has 0 fully saturated rings. The number of rotatable bonds is 8. The van der Waals surface area contributed by atoms with E-state index in [2.05, 4.69) is 0 Å². The van der Waals surface area contributed by atoms with E-state index in [0.29, 0.717) is 0 Å². The maximum Gasteiger partial charge on any atom is 0.389 e. The van der Waals surface area contributed by atoms with Crippen LogP contribution >= 0.6 is 0 Å². The van der Waals surface area contributed by atoms with Crippen molar-refractivity contribution in [2.45, 2.75) is 73.8 Å². The van der Waals surface area contributed by atoms with Gasteiger partial charge < -0.3 is 103 Å². The number of carbonyl (C=O) groups excluding carboxylic acids is 3. The molecule has 6 aromatic carbocycles. The number of methoxy groups -OCH3 is 3. The monoisotopic (exact) mass is 1080 g/mol. The molecule has 6 aliphatic heterocycles. The molecule has 78 heavy (non-hydrogen) atoms.